The molecule has 0 fully saturated rings. The van der Waals surface area contributed by atoms with Crippen LogP contribution in [0.25, 0.3) is 0 Å². The maximum absolute atomic E-state index is 12.0. The maximum atomic E-state index is 12.0. The number of Topliss-reactive ketones (excluding diaryl/α,β-unsaturated/α-hetero) is 1. The third-order valence-electron chi connectivity index (χ3n) is 2.56. The Morgan fingerprint density at radius 2 is 1.95 bits per heavy atom. The molecule has 0 aliphatic rings. The van der Waals surface area contributed by atoms with Crippen LogP contribution in [-0.4, -0.2) is 34.8 Å². The number of carbonyl (C=O) groups is 3. The summed E-state index contributed by atoms with van der Waals surface area (Å²) in [5, 5.41) is 9.26. The second-order valence-corrected chi connectivity index (χ2v) is 4.83. The van der Waals surface area contributed by atoms with Crippen LogP contribution in [-0.2, 0) is 16.0 Å². The Morgan fingerprint density at radius 1 is 1.25 bits per heavy atom. The van der Waals surface area contributed by atoms with Gasteiger partial charge in [-0.05, 0) is 18.6 Å². The molecule has 0 aromatic heterocycles. The van der Waals surface area contributed by atoms with Crippen molar-refractivity contribution in [3.8, 4) is 0 Å². The van der Waals surface area contributed by atoms with Crippen molar-refractivity contribution >= 4 is 33.7 Å². The minimum Gasteiger partial charge on any atom is -0.481 e. The van der Waals surface area contributed by atoms with Crippen LogP contribution >= 0.6 is 15.9 Å². The van der Waals surface area contributed by atoms with Gasteiger partial charge in [0.15, 0.2) is 5.78 Å². The van der Waals surface area contributed by atoms with Gasteiger partial charge in [-0.25, -0.2) is 4.79 Å². The van der Waals surface area contributed by atoms with Gasteiger partial charge in [0.1, 0.15) is 0 Å². The molecule has 0 unspecified atom stereocenters. The number of hydrogen-bond acceptors (Lipinski definition) is 4. The number of esters is 1. The number of halogens is 1. The fourth-order valence-corrected chi connectivity index (χ4v) is 2.08. The minimum atomic E-state index is -1.00. The van der Waals surface area contributed by atoms with Gasteiger partial charge in [-0.3, -0.25) is 9.59 Å². The number of ketones is 1. The van der Waals surface area contributed by atoms with E-state index in [2.05, 4.69) is 15.9 Å². The largest absolute Gasteiger partial charge is 0.481 e. The monoisotopic (exact) mass is 342 g/mol. The number of ether oxygens (including phenoxy) is 1. The Kier molecular flexibility index (Phi) is 6.38. The molecule has 0 saturated carbocycles. The first kappa shape index (κ1) is 16.4. The number of hydrogen-bond donors (Lipinski definition) is 1. The molecule has 0 radical (unpaired) electrons. The van der Waals surface area contributed by atoms with Crippen molar-refractivity contribution in [2.45, 2.75) is 19.8 Å². The molecule has 108 valence electrons. The maximum Gasteiger partial charge on any atom is 0.338 e. The number of carbonyl (C=O) groups excluding carboxylic acids is 2. The molecule has 1 aromatic rings. The lowest BCUT2D eigenvalue weighted by molar-refractivity contribution is -0.136. The normalized spacial score (nSPS) is 10.1. The Balaban J connectivity index is 3.18. The quantitative estimate of drug-likeness (QED) is 0.467. The van der Waals surface area contributed by atoms with Gasteiger partial charge in [0.05, 0.1) is 18.6 Å². The Morgan fingerprint density at radius 3 is 2.50 bits per heavy atom. The third-order valence-corrected chi connectivity index (χ3v) is 2.95. The van der Waals surface area contributed by atoms with Gasteiger partial charge in [-0.1, -0.05) is 28.1 Å². The lowest BCUT2D eigenvalue weighted by Gasteiger charge is -2.09. The van der Waals surface area contributed by atoms with Crippen molar-refractivity contribution < 1.29 is 24.2 Å². The molecule has 0 aliphatic heterocycles. The number of aliphatic carboxylic acids is 1. The third kappa shape index (κ3) is 4.45. The van der Waals surface area contributed by atoms with Crippen molar-refractivity contribution in [3.63, 3.8) is 0 Å². The molecule has 5 nitrogen and oxygen atoms in total. The number of carboxylic acid groups (broad SMARTS) is 1. The lowest BCUT2D eigenvalue weighted by Crippen LogP contribution is -2.13. The molecule has 1 aromatic carbocycles. The van der Waals surface area contributed by atoms with Gasteiger partial charge in [-0.15, -0.1) is 0 Å². The van der Waals surface area contributed by atoms with Crippen molar-refractivity contribution in [3.05, 3.63) is 34.9 Å². The summed E-state index contributed by atoms with van der Waals surface area (Å²) in [4.78, 5) is 34.5. The molecule has 0 spiro atoms. The summed E-state index contributed by atoms with van der Waals surface area (Å²) >= 11 is 3.17. The molecular weight excluding hydrogens is 328 g/mol. The van der Waals surface area contributed by atoms with Crippen LogP contribution in [0.3, 0.4) is 0 Å². The zero-order chi connectivity index (χ0) is 15.1. The average Bonchev–Trinajstić information content (AvgIpc) is 2.38. The van der Waals surface area contributed by atoms with Gasteiger partial charge in [0.2, 0.25) is 0 Å². The Labute approximate surface area is 125 Å². The van der Waals surface area contributed by atoms with Crippen molar-refractivity contribution in [1.29, 1.82) is 0 Å². The lowest BCUT2D eigenvalue weighted by atomic mass is 9.98. The van der Waals surface area contributed by atoms with Gasteiger partial charge in [-0.2, -0.15) is 0 Å². The highest BCUT2D eigenvalue weighted by molar-refractivity contribution is 9.09. The average molecular weight is 343 g/mol. The van der Waals surface area contributed by atoms with Crippen LogP contribution in [0.1, 0.15) is 39.6 Å². The molecule has 0 amide bonds. The molecule has 0 aliphatic carbocycles. The van der Waals surface area contributed by atoms with Crippen LogP contribution in [0.5, 0.6) is 0 Å². The van der Waals surface area contributed by atoms with E-state index in [0.717, 1.165) is 0 Å². The number of alkyl halides is 1. The van der Waals surface area contributed by atoms with E-state index in [1.165, 1.54) is 18.2 Å². The summed E-state index contributed by atoms with van der Waals surface area (Å²) in [6, 6.07) is 4.43. The fraction of sp³-hybridized carbons (Fsp3) is 0.357. The predicted molar refractivity (Wildman–Crippen MR) is 76.5 cm³/mol. The summed E-state index contributed by atoms with van der Waals surface area (Å²) < 4.78 is 4.91. The smallest absolute Gasteiger partial charge is 0.338 e. The zero-order valence-electron chi connectivity index (χ0n) is 11.0. The van der Waals surface area contributed by atoms with Crippen LogP contribution in [0.15, 0.2) is 18.2 Å². The number of rotatable bonds is 7. The van der Waals surface area contributed by atoms with Crippen LogP contribution in [0.4, 0.5) is 0 Å². The van der Waals surface area contributed by atoms with Gasteiger partial charge in [0.25, 0.3) is 0 Å². The molecule has 0 bridgehead atoms. The summed E-state index contributed by atoms with van der Waals surface area (Å²) in [6.45, 7) is 1.85. The van der Waals surface area contributed by atoms with Gasteiger partial charge >= 0.3 is 11.9 Å². The number of benzene rings is 1. The summed E-state index contributed by atoms with van der Waals surface area (Å²) in [5.74, 6) is -1.80. The van der Waals surface area contributed by atoms with E-state index in [1.54, 1.807) is 6.92 Å². The molecular formula is C14H15BrO5. The summed E-state index contributed by atoms with van der Waals surface area (Å²) in [6.07, 6.45) is 0.0456. The van der Waals surface area contributed by atoms with E-state index in [0.29, 0.717) is 10.9 Å². The molecule has 6 heteroatoms. The first-order valence-electron chi connectivity index (χ1n) is 6.10. The van der Waals surface area contributed by atoms with E-state index < -0.39 is 11.9 Å². The van der Waals surface area contributed by atoms with Crippen molar-refractivity contribution in [1.82, 2.24) is 0 Å². The van der Waals surface area contributed by atoms with E-state index in [1.807, 2.05) is 0 Å². The molecule has 20 heavy (non-hydrogen) atoms. The van der Waals surface area contributed by atoms with E-state index in [-0.39, 0.29) is 36.4 Å². The zero-order valence-corrected chi connectivity index (χ0v) is 12.6. The molecule has 0 saturated heterocycles. The second-order valence-electron chi connectivity index (χ2n) is 4.03. The fourth-order valence-electron chi connectivity index (χ4n) is 1.72. The van der Waals surface area contributed by atoms with E-state index in [4.69, 9.17) is 9.84 Å². The van der Waals surface area contributed by atoms with Crippen molar-refractivity contribution in [2.24, 2.45) is 0 Å². The Bertz CT molecular complexity index is 524. The SMILES string of the molecule is CCOC(=O)c1cc(CC(=O)O)ccc1C(=O)CCBr. The first-order chi connectivity index (χ1) is 9.49. The molecule has 0 atom stereocenters. The first-order valence-corrected chi connectivity index (χ1v) is 7.22. The predicted octanol–water partition coefficient (Wildman–Crippen LogP) is 2.46. The molecule has 1 N–H and O–H groups in total. The van der Waals surface area contributed by atoms with Crippen LogP contribution < -0.4 is 0 Å². The molecule has 1 rings (SSSR count). The highest BCUT2D eigenvalue weighted by Gasteiger charge is 2.18. The van der Waals surface area contributed by atoms with Gasteiger partial charge in [0, 0.05) is 17.3 Å². The topological polar surface area (TPSA) is 80.7 Å². The van der Waals surface area contributed by atoms with Gasteiger partial charge < -0.3 is 9.84 Å². The van der Waals surface area contributed by atoms with E-state index in [9.17, 15) is 14.4 Å². The van der Waals surface area contributed by atoms with Crippen molar-refractivity contribution in [2.75, 3.05) is 11.9 Å². The molecule has 0 heterocycles. The summed E-state index contributed by atoms with van der Waals surface area (Å²) in [5.41, 5.74) is 0.838. The van der Waals surface area contributed by atoms with E-state index >= 15 is 0 Å². The highest BCUT2D eigenvalue weighted by atomic mass is 79.9. The second kappa shape index (κ2) is 7.79. The standard InChI is InChI=1S/C14H15BrO5/c1-2-20-14(19)11-7-9(8-13(17)18)3-4-10(11)12(16)5-6-15/h3-4,7H,2,5-6,8H2,1H3,(H,17,18). The van der Waals surface area contributed by atoms with Crippen LogP contribution in [0.2, 0.25) is 0 Å². The highest BCUT2D eigenvalue weighted by Crippen LogP contribution is 2.17. The Hall–Kier alpha value is -1.69. The number of carboxylic acids is 1. The summed E-state index contributed by atoms with van der Waals surface area (Å²) in [7, 11) is 0. The minimum absolute atomic E-state index is 0.122. The van der Waals surface area contributed by atoms with Crippen LogP contribution in [0, 0.1) is 0 Å².